The third-order valence-corrected chi connectivity index (χ3v) is 2.19. The standard InChI is InChI=1S/C10H18N4/c1-9(2)14(3)8-7-13-10-11-5-4-6-12-10/h4-6,9H,7-8H2,1-3H3,(H,11,12,13). The number of hydrogen-bond donors (Lipinski definition) is 1. The van der Waals surface area contributed by atoms with Crippen LogP contribution in [0.25, 0.3) is 0 Å². The maximum Gasteiger partial charge on any atom is 0.222 e. The van der Waals surface area contributed by atoms with Crippen molar-refractivity contribution in [3.05, 3.63) is 18.5 Å². The first-order valence-electron chi connectivity index (χ1n) is 4.91. The normalized spacial score (nSPS) is 10.9. The largest absolute Gasteiger partial charge is 0.353 e. The second-order valence-electron chi connectivity index (χ2n) is 3.57. The van der Waals surface area contributed by atoms with Crippen LogP contribution in [0.2, 0.25) is 0 Å². The Kier molecular flexibility index (Phi) is 4.32. The lowest BCUT2D eigenvalue weighted by atomic mass is 10.3. The lowest BCUT2D eigenvalue weighted by Crippen LogP contribution is -2.31. The molecule has 1 rings (SSSR count). The van der Waals surface area contributed by atoms with Gasteiger partial charge in [-0.15, -0.1) is 0 Å². The molecular weight excluding hydrogens is 176 g/mol. The van der Waals surface area contributed by atoms with E-state index in [4.69, 9.17) is 0 Å². The Morgan fingerprint density at radius 2 is 2.00 bits per heavy atom. The summed E-state index contributed by atoms with van der Waals surface area (Å²) < 4.78 is 0. The predicted molar refractivity (Wildman–Crippen MR) is 58.3 cm³/mol. The Morgan fingerprint density at radius 1 is 1.36 bits per heavy atom. The van der Waals surface area contributed by atoms with E-state index in [-0.39, 0.29) is 0 Å². The summed E-state index contributed by atoms with van der Waals surface area (Å²) in [6.07, 6.45) is 3.48. The first kappa shape index (κ1) is 10.9. The molecule has 0 saturated heterocycles. The summed E-state index contributed by atoms with van der Waals surface area (Å²) in [6, 6.07) is 2.39. The van der Waals surface area contributed by atoms with Crippen molar-refractivity contribution in [2.45, 2.75) is 19.9 Å². The van der Waals surface area contributed by atoms with E-state index in [9.17, 15) is 0 Å². The van der Waals surface area contributed by atoms with Crippen LogP contribution in [0, 0.1) is 0 Å². The van der Waals surface area contributed by atoms with Crippen molar-refractivity contribution in [1.82, 2.24) is 14.9 Å². The molecule has 0 aliphatic heterocycles. The topological polar surface area (TPSA) is 41.0 Å². The van der Waals surface area contributed by atoms with Crippen molar-refractivity contribution in [3.8, 4) is 0 Å². The van der Waals surface area contributed by atoms with Gasteiger partial charge in [0.15, 0.2) is 0 Å². The van der Waals surface area contributed by atoms with Gasteiger partial charge in [0.25, 0.3) is 0 Å². The Bertz CT molecular complexity index is 248. The van der Waals surface area contributed by atoms with Gasteiger partial charge in [0.05, 0.1) is 0 Å². The van der Waals surface area contributed by atoms with Gasteiger partial charge in [0, 0.05) is 31.5 Å². The molecule has 0 aliphatic carbocycles. The van der Waals surface area contributed by atoms with E-state index >= 15 is 0 Å². The molecule has 1 aromatic rings. The van der Waals surface area contributed by atoms with Gasteiger partial charge < -0.3 is 10.2 Å². The second kappa shape index (κ2) is 5.54. The summed E-state index contributed by atoms with van der Waals surface area (Å²) in [5.41, 5.74) is 0. The number of hydrogen-bond acceptors (Lipinski definition) is 4. The highest BCUT2D eigenvalue weighted by Crippen LogP contribution is 1.95. The van der Waals surface area contributed by atoms with Crippen LogP contribution in [-0.2, 0) is 0 Å². The average Bonchev–Trinajstić information content (AvgIpc) is 2.19. The van der Waals surface area contributed by atoms with Gasteiger partial charge in [0.2, 0.25) is 5.95 Å². The minimum atomic E-state index is 0.577. The minimum Gasteiger partial charge on any atom is -0.353 e. The highest BCUT2D eigenvalue weighted by molar-refractivity contribution is 5.21. The molecule has 0 saturated carbocycles. The summed E-state index contributed by atoms with van der Waals surface area (Å²) in [5, 5.41) is 3.17. The van der Waals surface area contributed by atoms with Crippen LogP contribution < -0.4 is 5.32 Å². The summed E-state index contributed by atoms with van der Waals surface area (Å²) in [4.78, 5) is 10.4. The van der Waals surface area contributed by atoms with Crippen molar-refractivity contribution in [2.24, 2.45) is 0 Å². The SMILES string of the molecule is CC(C)N(C)CCNc1ncccn1. The van der Waals surface area contributed by atoms with Crippen molar-refractivity contribution in [2.75, 3.05) is 25.5 Å². The van der Waals surface area contributed by atoms with Gasteiger partial charge in [-0.1, -0.05) is 0 Å². The molecule has 1 heterocycles. The van der Waals surface area contributed by atoms with Crippen LogP contribution in [0.3, 0.4) is 0 Å². The van der Waals surface area contributed by atoms with Crippen LogP contribution in [0.15, 0.2) is 18.5 Å². The van der Waals surface area contributed by atoms with Gasteiger partial charge in [-0.25, -0.2) is 9.97 Å². The smallest absolute Gasteiger partial charge is 0.222 e. The summed E-state index contributed by atoms with van der Waals surface area (Å²) in [5.74, 6) is 0.699. The van der Waals surface area contributed by atoms with Crippen molar-refractivity contribution >= 4 is 5.95 Å². The third-order valence-electron chi connectivity index (χ3n) is 2.19. The van der Waals surface area contributed by atoms with E-state index in [0.717, 1.165) is 13.1 Å². The monoisotopic (exact) mass is 194 g/mol. The number of nitrogens with zero attached hydrogens (tertiary/aromatic N) is 3. The zero-order chi connectivity index (χ0) is 10.4. The van der Waals surface area contributed by atoms with Crippen LogP contribution in [0.1, 0.15) is 13.8 Å². The Hall–Kier alpha value is -1.16. The van der Waals surface area contributed by atoms with E-state index in [1.165, 1.54) is 0 Å². The van der Waals surface area contributed by atoms with Crippen molar-refractivity contribution in [1.29, 1.82) is 0 Å². The van der Waals surface area contributed by atoms with E-state index in [0.29, 0.717) is 12.0 Å². The van der Waals surface area contributed by atoms with E-state index in [1.807, 2.05) is 6.07 Å². The van der Waals surface area contributed by atoms with Crippen LogP contribution in [0.5, 0.6) is 0 Å². The molecule has 1 N–H and O–H groups in total. The highest BCUT2D eigenvalue weighted by atomic mass is 15.2. The molecular formula is C10H18N4. The lowest BCUT2D eigenvalue weighted by Gasteiger charge is -2.20. The van der Waals surface area contributed by atoms with Crippen LogP contribution in [0.4, 0.5) is 5.95 Å². The maximum atomic E-state index is 4.08. The summed E-state index contributed by atoms with van der Waals surface area (Å²) in [6.45, 7) is 6.23. The molecule has 4 nitrogen and oxygen atoms in total. The third kappa shape index (κ3) is 3.70. The fraction of sp³-hybridized carbons (Fsp3) is 0.600. The Morgan fingerprint density at radius 3 is 2.57 bits per heavy atom. The first-order chi connectivity index (χ1) is 6.70. The van der Waals surface area contributed by atoms with Crippen LogP contribution in [-0.4, -0.2) is 41.0 Å². The molecule has 0 unspecified atom stereocenters. The van der Waals surface area contributed by atoms with Gasteiger partial charge in [-0.3, -0.25) is 0 Å². The fourth-order valence-electron chi connectivity index (χ4n) is 0.993. The molecule has 14 heavy (non-hydrogen) atoms. The number of likely N-dealkylation sites (N-methyl/N-ethyl adjacent to an activating group) is 1. The van der Waals surface area contributed by atoms with Gasteiger partial charge in [-0.2, -0.15) is 0 Å². The van der Waals surface area contributed by atoms with E-state index < -0.39 is 0 Å². The molecule has 0 aromatic carbocycles. The Labute approximate surface area is 85.4 Å². The predicted octanol–water partition coefficient (Wildman–Crippen LogP) is 1.23. The van der Waals surface area contributed by atoms with Gasteiger partial charge in [-0.05, 0) is 27.0 Å². The fourth-order valence-corrected chi connectivity index (χ4v) is 0.993. The first-order valence-corrected chi connectivity index (χ1v) is 4.91. The molecule has 78 valence electrons. The molecule has 4 heteroatoms. The summed E-state index contributed by atoms with van der Waals surface area (Å²) >= 11 is 0. The highest BCUT2D eigenvalue weighted by Gasteiger charge is 2.01. The summed E-state index contributed by atoms with van der Waals surface area (Å²) in [7, 11) is 2.11. The van der Waals surface area contributed by atoms with E-state index in [1.54, 1.807) is 12.4 Å². The molecule has 0 spiro atoms. The lowest BCUT2D eigenvalue weighted by molar-refractivity contribution is 0.284. The van der Waals surface area contributed by atoms with Crippen molar-refractivity contribution in [3.63, 3.8) is 0 Å². The van der Waals surface area contributed by atoms with Gasteiger partial charge >= 0.3 is 0 Å². The maximum absolute atomic E-state index is 4.08. The number of aromatic nitrogens is 2. The van der Waals surface area contributed by atoms with Crippen molar-refractivity contribution < 1.29 is 0 Å². The molecule has 0 amide bonds. The number of rotatable bonds is 5. The zero-order valence-electron chi connectivity index (χ0n) is 9.07. The average molecular weight is 194 g/mol. The number of anilines is 1. The molecule has 0 bridgehead atoms. The van der Waals surface area contributed by atoms with Gasteiger partial charge in [0.1, 0.15) is 0 Å². The van der Waals surface area contributed by atoms with Crippen LogP contribution >= 0.6 is 0 Å². The molecule has 0 radical (unpaired) electrons. The molecule has 0 aliphatic rings. The molecule has 0 atom stereocenters. The van der Waals surface area contributed by atoms with E-state index in [2.05, 4.69) is 41.1 Å². The minimum absolute atomic E-state index is 0.577. The quantitative estimate of drug-likeness (QED) is 0.765. The zero-order valence-corrected chi connectivity index (χ0v) is 9.07. The Balaban J connectivity index is 2.22. The molecule has 0 fully saturated rings. The number of nitrogens with one attached hydrogen (secondary N) is 1. The second-order valence-corrected chi connectivity index (χ2v) is 3.57. The molecule has 1 aromatic heterocycles.